The Hall–Kier alpha value is -3.20. The number of aryl methyl sites for hydroxylation is 1. The smallest absolute Gasteiger partial charge is 0.146 e. The van der Waals surface area contributed by atoms with Crippen molar-refractivity contribution in [3.63, 3.8) is 0 Å². The van der Waals surface area contributed by atoms with Gasteiger partial charge in [-0.2, -0.15) is 5.26 Å². The minimum atomic E-state index is 0.420. The van der Waals surface area contributed by atoms with E-state index in [1.807, 2.05) is 43.7 Å². The van der Waals surface area contributed by atoms with Crippen molar-refractivity contribution in [2.45, 2.75) is 32.2 Å². The summed E-state index contributed by atoms with van der Waals surface area (Å²) in [6.45, 7) is 4.53. The summed E-state index contributed by atoms with van der Waals surface area (Å²) in [5.41, 5.74) is 2.77. The number of rotatable bonds is 4. The maximum Gasteiger partial charge on any atom is 0.146 e. The molecule has 6 nitrogen and oxygen atoms in total. The van der Waals surface area contributed by atoms with Crippen LogP contribution >= 0.6 is 0 Å². The van der Waals surface area contributed by atoms with Crippen LogP contribution in [0.4, 0.5) is 5.82 Å². The van der Waals surface area contributed by atoms with E-state index >= 15 is 0 Å². The van der Waals surface area contributed by atoms with Crippen LogP contribution < -0.4 is 4.90 Å². The first-order valence-electron chi connectivity index (χ1n) is 9.27. The van der Waals surface area contributed by atoms with Gasteiger partial charge in [0.15, 0.2) is 0 Å². The molecule has 0 radical (unpaired) electrons. The predicted octanol–water partition coefficient (Wildman–Crippen LogP) is 3.29. The Bertz CT molecular complexity index is 948. The van der Waals surface area contributed by atoms with Crippen LogP contribution in [0.1, 0.15) is 41.4 Å². The first-order valence-corrected chi connectivity index (χ1v) is 9.27. The lowest BCUT2D eigenvalue weighted by Crippen LogP contribution is -2.35. The molecule has 6 heteroatoms. The van der Waals surface area contributed by atoms with Crippen molar-refractivity contribution in [1.29, 1.82) is 5.26 Å². The van der Waals surface area contributed by atoms with Crippen molar-refractivity contribution >= 4 is 5.82 Å². The van der Waals surface area contributed by atoms with Gasteiger partial charge >= 0.3 is 0 Å². The molecule has 0 amide bonds. The second-order valence-corrected chi connectivity index (χ2v) is 6.97. The number of piperidine rings is 1. The fraction of sp³-hybridized carbons (Fsp3) is 0.333. The van der Waals surface area contributed by atoms with Gasteiger partial charge in [-0.05, 0) is 43.5 Å². The summed E-state index contributed by atoms with van der Waals surface area (Å²) in [7, 11) is 0. The molecule has 4 heterocycles. The maximum atomic E-state index is 9.38. The third-order valence-corrected chi connectivity index (χ3v) is 5.12. The number of pyridine rings is 2. The van der Waals surface area contributed by atoms with Crippen LogP contribution in [0.15, 0.2) is 49.1 Å². The Balaban J connectivity index is 1.47. The standard InChI is InChI=1S/C21H22N6/c1-16-4-5-19(13-22)21(25-16)26-10-6-18(7-11-26)20-24-9-12-27(20)15-17-3-2-8-23-14-17/h2-5,8-9,12,14,18H,6-7,10-11,15H2,1H3. The van der Waals surface area contributed by atoms with Crippen LogP contribution in [0.3, 0.4) is 0 Å². The molecule has 0 aliphatic carbocycles. The zero-order chi connectivity index (χ0) is 18.6. The highest BCUT2D eigenvalue weighted by molar-refractivity contribution is 5.54. The van der Waals surface area contributed by atoms with E-state index in [-0.39, 0.29) is 0 Å². The zero-order valence-electron chi connectivity index (χ0n) is 15.4. The van der Waals surface area contributed by atoms with Gasteiger partial charge in [-0.1, -0.05) is 6.07 Å². The quantitative estimate of drug-likeness (QED) is 0.716. The Morgan fingerprint density at radius 3 is 2.78 bits per heavy atom. The number of nitriles is 1. The van der Waals surface area contributed by atoms with Crippen molar-refractivity contribution in [3.05, 3.63) is 71.7 Å². The molecular formula is C21H22N6. The second kappa shape index (κ2) is 7.58. The summed E-state index contributed by atoms with van der Waals surface area (Å²) < 4.78 is 2.23. The van der Waals surface area contributed by atoms with E-state index < -0.39 is 0 Å². The van der Waals surface area contributed by atoms with Gasteiger partial charge in [-0.25, -0.2) is 9.97 Å². The van der Waals surface area contributed by atoms with E-state index in [1.165, 1.54) is 5.56 Å². The summed E-state index contributed by atoms with van der Waals surface area (Å²) in [5.74, 6) is 2.37. The van der Waals surface area contributed by atoms with Crippen LogP contribution in [-0.2, 0) is 6.54 Å². The molecule has 27 heavy (non-hydrogen) atoms. The van der Waals surface area contributed by atoms with Crippen molar-refractivity contribution < 1.29 is 0 Å². The molecule has 136 valence electrons. The molecule has 0 aromatic carbocycles. The summed E-state index contributed by atoms with van der Waals surface area (Å²) in [4.78, 5) is 15.7. The predicted molar refractivity (Wildman–Crippen MR) is 103 cm³/mol. The summed E-state index contributed by atoms with van der Waals surface area (Å²) in [6.07, 6.45) is 9.63. The van der Waals surface area contributed by atoms with Crippen LogP contribution in [0.2, 0.25) is 0 Å². The molecule has 3 aromatic heterocycles. The number of aromatic nitrogens is 4. The van der Waals surface area contributed by atoms with E-state index in [4.69, 9.17) is 0 Å². The van der Waals surface area contributed by atoms with Gasteiger partial charge in [-0.15, -0.1) is 0 Å². The molecule has 3 aromatic rings. The van der Waals surface area contributed by atoms with Gasteiger partial charge in [0, 0.05) is 49.5 Å². The Morgan fingerprint density at radius 2 is 2.04 bits per heavy atom. The first kappa shape index (κ1) is 17.2. The molecule has 0 bridgehead atoms. The lowest BCUT2D eigenvalue weighted by molar-refractivity contribution is 0.468. The van der Waals surface area contributed by atoms with E-state index in [0.29, 0.717) is 11.5 Å². The lowest BCUT2D eigenvalue weighted by Gasteiger charge is -2.33. The number of imidazole rings is 1. The van der Waals surface area contributed by atoms with E-state index in [2.05, 4.69) is 36.6 Å². The Labute approximate surface area is 159 Å². The van der Waals surface area contributed by atoms with Gasteiger partial charge in [-0.3, -0.25) is 4.98 Å². The molecule has 4 rings (SSSR count). The summed E-state index contributed by atoms with van der Waals surface area (Å²) in [6, 6.07) is 10.1. The summed E-state index contributed by atoms with van der Waals surface area (Å²) in [5, 5.41) is 9.38. The van der Waals surface area contributed by atoms with Gasteiger partial charge in [0.1, 0.15) is 17.7 Å². The lowest BCUT2D eigenvalue weighted by atomic mass is 9.95. The highest BCUT2D eigenvalue weighted by Gasteiger charge is 2.26. The van der Waals surface area contributed by atoms with E-state index in [1.54, 1.807) is 6.20 Å². The topological polar surface area (TPSA) is 70.6 Å². The van der Waals surface area contributed by atoms with Gasteiger partial charge in [0.05, 0.1) is 12.1 Å². The summed E-state index contributed by atoms with van der Waals surface area (Å²) >= 11 is 0. The van der Waals surface area contributed by atoms with Gasteiger partial charge in [0.25, 0.3) is 0 Å². The highest BCUT2D eigenvalue weighted by atomic mass is 15.2. The Morgan fingerprint density at radius 1 is 1.19 bits per heavy atom. The number of anilines is 1. The highest BCUT2D eigenvalue weighted by Crippen LogP contribution is 2.30. The van der Waals surface area contributed by atoms with Crippen molar-refractivity contribution in [2.75, 3.05) is 18.0 Å². The molecule has 1 aliphatic rings. The minimum absolute atomic E-state index is 0.420. The maximum absolute atomic E-state index is 9.38. The molecular weight excluding hydrogens is 336 g/mol. The third kappa shape index (κ3) is 3.68. The van der Waals surface area contributed by atoms with Gasteiger partial charge in [0.2, 0.25) is 0 Å². The van der Waals surface area contributed by atoms with Crippen LogP contribution in [0.25, 0.3) is 0 Å². The first-order chi connectivity index (χ1) is 13.2. The number of hydrogen-bond donors (Lipinski definition) is 0. The molecule has 1 fully saturated rings. The van der Waals surface area contributed by atoms with E-state index in [0.717, 1.165) is 49.8 Å². The fourth-order valence-corrected chi connectivity index (χ4v) is 3.72. The van der Waals surface area contributed by atoms with Crippen LogP contribution in [-0.4, -0.2) is 32.6 Å². The molecule has 1 aliphatic heterocycles. The number of hydrogen-bond acceptors (Lipinski definition) is 5. The van der Waals surface area contributed by atoms with Gasteiger partial charge < -0.3 is 9.47 Å². The average Bonchev–Trinajstić information content (AvgIpc) is 3.17. The average molecular weight is 358 g/mol. The van der Waals surface area contributed by atoms with Crippen molar-refractivity contribution in [2.24, 2.45) is 0 Å². The van der Waals surface area contributed by atoms with Crippen molar-refractivity contribution in [1.82, 2.24) is 19.5 Å². The largest absolute Gasteiger partial charge is 0.355 e. The molecule has 0 spiro atoms. The van der Waals surface area contributed by atoms with Crippen LogP contribution in [0.5, 0.6) is 0 Å². The number of nitrogens with zero attached hydrogens (tertiary/aromatic N) is 6. The van der Waals surface area contributed by atoms with Crippen LogP contribution in [0, 0.1) is 18.3 Å². The third-order valence-electron chi connectivity index (χ3n) is 5.12. The zero-order valence-corrected chi connectivity index (χ0v) is 15.4. The Kier molecular flexibility index (Phi) is 4.84. The monoisotopic (exact) mass is 358 g/mol. The molecule has 0 atom stereocenters. The molecule has 0 N–H and O–H groups in total. The second-order valence-electron chi connectivity index (χ2n) is 6.97. The molecule has 0 unspecified atom stereocenters. The van der Waals surface area contributed by atoms with E-state index in [9.17, 15) is 5.26 Å². The van der Waals surface area contributed by atoms with Crippen molar-refractivity contribution in [3.8, 4) is 6.07 Å². The molecule has 0 saturated carbocycles. The normalized spacial score (nSPS) is 14.9. The fourth-order valence-electron chi connectivity index (χ4n) is 3.72. The minimum Gasteiger partial charge on any atom is -0.355 e. The molecule has 1 saturated heterocycles. The SMILES string of the molecule is Cc1ccc(C#N)c(N2CCC(c3nccn3Cc3cccnc3)CC2)n1.